The highest BCUT2D eigenvalue weighted by Crippen LogP contribution is 2.30. The van der Waals surface area contributed by atoms with Gasteiger partial charge in [-0.15, -0.1) is 5.10 Å². The van der Waals surface area contributed by atoms with Crippen LogP contribution in [0.1, 0.15) is 42.0 Å². The molecule has 8 nitrogen and oxygen atoms in total. The van der Waals surface area contributed by atoms with Crippen LogP contribution >= 0.6 is 0 Å². The van der Waals surface area contributed by atoms with E-state index in [1.165, 1.54) is 0 Å². The average Bonchev–Trinajstić information content (AvgIpc) is 3.39. The van der Waals surface area contributed by atoms with Gasteiger partial charge in [0.15, 0.2) is 5.65 Å². The lowest BCUT2D eigenvalue weighted by atomic mass is 10.00. The third-order valence-corrected chi connectivity index (χ3v) is 5.79. The fourth-order valence-electron chi connectivity index (χ4n) is 4.05. The van der Waals surface area contributed by atoms with E-state index in [0.717, 1.165) is 44.9 Å². The average molecular weight is 433 g/mol. The van der Waals surface area contributed by atoms with E-state index < -0.39 is 0 Å². The summed E-state index contributed by atoms with van der Waals surface area (Å²) in [4.78, 5) is 25.1. The van der Waals surface area contributed by atoms with Gasteiger partial charge in [0.25, 0.3) is 0 Å². The number of benzene rings is 1. The second-order valence-corrected chi connectivity index (χ2v) is 7.97. The number of imidazole rings is 1. The molecule has 0 saturated heterocycles. The number of methoxy groups -OCH3 is 1. The fourth-order valence-corrected chi connectivity index (χ4v) is 4.05. The Hall–Kier alpha value is -3.68. The molecule has 3 heterocycles. The number of rotatable bonds is 7. The number of pyridine rings is 1. The summed E-state index contributed by atoms with van der Waals surface area (Å²) in [7, 11) is 3.45. The molecule has 32 heavy (non-hydrogen) atoms. The Morgan fingerprint density at radius 3 is 2.72 bits per heavy atom. The van der Waals surface area contributed by atoms with Crippen molar-refractivity contribution in [3.8, 4) is 17.1 Å². The van der Waals surface area contributed by atoms with Crippen LogP contribution in [0.2, 0.25) is 0 Å². The summed E-state index contributed by atoms with van der Waals surface area (Å²) in [6.45, 7) is 5.93. The molecule has 0 bridgehead atoms. The highest BCUT2D eigenvalue weighted by Gasteiger charge is 2.19. The molecule has 166 valence electrons. The first-order valence-corrected chi connectivity index (χ1v) is 10.7. The van der Waals surface area contributed by atoms with Crippen molar-refractivity contribution in [2.45, 2.75) is 39.7 Å². The first-order valence-electron chi connectivity index (χ1n) is 10.7. The molecule has 0 spiro atoms. The third-order valence-electron chi connectivity index (χ3n) is 5.79. The summed E-state index contributed by atoms with van der Waals surface area (Å²) >= 11 is 0. The number of carbonyl (C=O) groups excluding carboxylic acids is 1. The highest BCUT2D eigenvalue weighted by molar-refractivity contribution is 5.86. The number of nitrogens with one attached hydrogen (secondary N) is 2. The first-order chi connectivity index (χ1) is 15.4. The molecule has 8 heteroatoms. The van der Waals surface area contributed by atoms with Crippen LogP contribution in [0.3, 0.4) is 0 Å². The molecule has 2 N–H and O–H groups in total. The number of aryl methyl sites for hydroxylation is 3. The number of carbonyl (C=O) groups is 1. The molecule has 3 aromatic heterocycles. The van der Waals surface area contributed by atoms with Crippen LogP contribution in [-0.2, 0) is 18.3 Å². The number of hydrogen-bond acceptors (Lipinski definition) is 5. The first kappa shape index (κ1) is 21.5. The van der Waals surface area contributed by atoms with Gasteiger partial charge in [-0.3, -0.25) is 4.79 Å². The lowest BCUT2D eigenvalue weighted by molar-refractivity contribution is -0.121. The van der Waals surface area contributed by atoms with Gasteiger partial charge in [-0.25, -0.2) is 14.6 Å². The molecular formula is C24H28N6O2. The molecule has 1 amide bonds. The topological polar surface area (TPSA) is 97.7 Å². The van der Waals surface area contributed by atoms with Crippen molar-refractivity contribution in [3.05, 3.63) is 59.2 Å². The van der Waals surface area contributed by atoms with Crippen LogP contribution in [0.25, 0.3) is 22.3 Å². The Bertz CT molecular complexity index is 1260. The zero-order valence-corrected chi connectivity index (χ0v) is 19.1. The van der Waals surface area contributed by atoms with Gasteiger partial charge in [0, 0.05) is 19.2 Å². The van der Waals surface area contributed by atoms with Crippen molar-refractivity contribution in [2.75, 3.05) is 7.11 Å². The summed E-state index contributed by atoms with van der Waals surface area (Å²) in [6, 6.07) is 9.77. The minimum absolute atomic E-state index is 0.0350. The molecule has 0 fully saturated rings. The van der Waals surface area contributed by atoms with Crippen LogP contribution < -0.4 is 10.1 Å². The van der Waals surface area contributed by atoms with E-state index in [1.807, 2.05) is 58.2 Å². The molecule has 0 aliphatic carbocycles. The van der Waals surface area contributed by atoms with Crippen molar-refractivity contribution in [1.29, 1.82) is 0 Å². The van der Waals surface area contributed by atoms with Gasteiger partial charge in [0.1, 0.15) is 5.82 Å². The van der Waals surface area contributed by atoms with Gasteiger partial charge < -0.3 is 15.0 Å². The smallest absolute Gasteiger partial charge is 0.242 e. The molecule has 0 saturated carbocycles. The maximum absolute atomic E-state index is 12.7. The molecule has 0 radical (unpaired) electrons. The third kappa shape index (κ3) is 4.08. The molecule has 1 atom stereocenters. The Morgan fingerprint density at radius 1 is 1.25 bits per heavy atom. The highest BCUT2D eigenvalue weighted by atomic mass is 16.5. The normalized spacial score (nSPS) is 12.2. The number of H-pyrrole nitrogens is 1. The van der Waals surface area contributed by atoms with Gasteiger partial charge in [-0.05, 0) is 43.9 Å². The molecule has 1 unspecified atom stereocenters. The number of hydrogen-bond donors (Lipinski definition) is 2. The maximum Gasteiger partial charge on any atom is 0.242 e. The number of ether oxygens (including phenoxy) is 1. The van der Waals surface area contributed by atoms with Gasteiger partial charge in [0.2, 0.25) is 11.8 Å². The number of aromatic amines is 1. The zero-order chi connectivity index (χ0) is 22.8. The summed E-state index contributed by atoms with van der Waals surface area (Å²) in [6.07, 6.45) is 2.74. The van der Waals surface area contributed by atoms with E-state index in [-0.39, 0.29) is 11.9 Å². The Kier molecular flexibility index (Phi) is 5.94. The van der Waals surface area contributed by atoms with E-state index in [2.05, 4.69) is 20.4 Å². The minimum atomic E-state index is -0.221. The van der Waals surface area contributed by atoms with Crippen molar-refractivity contribution < 1.29 is 9.53 Å². The van der Waals surface area contributed by atoms with Gasteiger partial charge in [0.05, 0.1) is 30.4 Å². The number of aromatic nitrogens is 5. The maximum atomic E-state index is 12.7. The fraction of sp³-hybridized carbons (Fsp3) is 0.333. The molecule has 4 rings (SSSR count). The largest absolute Gasteiger partial charge is 0.479 e. The van der Waals surface area contributed by atoms with Gasteiger partial charge >= 0.3 is 0 Å². The number of nitrogens with zero attached hydrogens (tertiary/aromatic N) is 4. The van der Waals surface area contributed by atoms with Crippen molar-refractivity contribution in [3.63, 3.8) is 0 Å². The zero-order valence-electron chi connectivity index (χ0n) is 19.1. The molecular weight excluding hydrogens is 404 g/mol. The van der Waals surface area contributed by atoms with Crippen molar-refractivity contribution in [2.24, 2.45) is 7.05 Å². The predicted octanol–water partition coefficient (Wildman–Crippen LogP) is 3.79. The summed E-state index contributed by atoms with van der Waals surface area (Å²) in [5.41, 5.74) is 5.78. The van der Waals surface area contributed by atoms with Crippen LogP contribution in [0.4, 0.5) is 0 Å². The Balaban J connectivity index is 1.44. The summed E-state index contributed by atoms with van der Waals surface area (Å²) in [5.74, 6) is 1.25. The number of amides is 1. The molecule has 0 aliphatic heterocycles. The predicted molar refractivity (Wildman–Crippen MR) is 123 cm³/mol. The van der Waals surface area contributed by atoms with Crippen LogP contribution in [0.15, 0.2) is 36.5 Å². The van der Waals surface area contributed by atoms with Gasteiger partial charge in [-0.2, -0.15) is 0 Å². The summed E-state index contributed by atoms with van der Waals surface area (Å²) in [5, 5.41) is 8.32. The molecule has 4 aromatic rings. The van der Waals surface area contributed by atoms with Crippen LogP contribution in [-0.4, -0.2) is 37.7 Å². The van der Waals surface area contributed by atoms with E-state index in [4.69, 9.17) is 9.72 Å². The number of fused-ring (bicyclic) bond motifs is 1. The summed E-state index contributed by atoms with van der Waals surface area (Å²) < 4.78 is 7.15. The standard InChI is InChI=1S/C24H28N6O2/c1-14-18(15(2)27-23-21(14)24(32-5)29-30(23)4)11-12-20(31)26-16(3)22-25-13-19(28-22)17-9-7-6-8-10-17/h6-10,13,16H,11-12H2,1-5H3,(H,25,28)(H,26,31). The second-order valence-electron chi connectivity index (χ2n) is 7.97. The monoisotopic (exact) mass is 432 g/mol. The molecule has 0 aliphatic rings. The van der Waals surface area contributed by atoms with E-state index >= 15 is 0 Å². The minimum Gasteiger partial charge on any atom is -0.479 e. The quantitative estimate of drug-likeness (QED) is 0.463. The van der Waals surface area contributed by atoms with E-state index in [0.29, 0.717) is 18.7 Å². The van der Waals surface area contributed by atoms with E-state index in [1.54, 1.807) is 18.0 Å². The lowest BCUT2D eigenvalue weighted by Crippen LogP contribution is -2.27. The Labute approximate surface area is 187 Å². The SMILES string of the molecule is COc1nn(C)c2nc(C)c(CCC(=O)NC(C)c3ncc(-c4ccccc4)[nH]3)c(C)c12. The van der Waals surface area contributed by atoms with Crippen LogP contribution in [0.5, 0.6) is 5.88 Å². The van der Waals surface area contributed by atoms with Gasteiger partial charge in [-0.1, -0.05) is 30.3 Å². The van der Waals surface area contributed by atoms with Crippen LogP contribution in [0, 0.1) is 13.8 Å². The molecule has 1 aromatic carbocycles. The van der Waals surface area contributed by atoms with E-state index in [9.17, 15) is 4.79 Å². The van der Waals surface area contributed by atoms with Crippen molar-refractivity contribution >= 4 is 16.9 Å². The Morgan fingerprint density at radius 2 is 2.00 bits per heavy atom. The second kappa shape index (κ2) is 8.82. The lowest BCUT2D eigenvalue weighted by Gasteiger charge is -2.14. The van der Waals surface area contributed by atoms with Crippen molar-refractivity contribution in [1.82, 2.24) is 30.0 Å².